The summed E-state index contributed by atoms with van der Waals surface area (Å²) in [5.74, 6) is 1.34. The van der Waals surface area contributed by atoms with Crippen molar-refractivity contribution in [2.24, 2.45) is 16.3 Å². The molecule has 0 aromatic carbocycles. The second-order valence-electron chi connectivity index (χ2n) is 8.75. The zero-order valence-electron chi connectivity index (χ0n) is 17.8. The van der Waals surface area contributed by atoms with E-state index < -0.39 is 0 Å². The van der Waals surface area contributed by atoms with Gasteiger partial charge in [-0.25, -0.2) is 0 Å². The Hall–Kier alpha value is -1.06. The van der Waals surface area contributed by atoms with E-state index in [-0.39, 0.29) is 47.3 Å². The maximum atomic E-state index is 12.7. The van der Waals surface area contributed by atoms with E-state index in [0.717, 1.165) is 38.3 Å². The van der Waals surface area contributed by atoms with E-state index in [0.29, 0.717) is 19.0 Å². The Kier molecular flexibility index (Phi) is 10.5. The first-order valence-corrected chi connectivity index (χ1v) is 10.4. The summed E-state index contributed by atoms with van der Waals surface area (Å²) in [6, 6.07) is 0.230. The van der Waals surface area contributed by atoms with Gasteiger partial charge in [0, 0.05) is 50.6 Å². The maximum absolute atomic E-state index is 12.7. The lowest BCUT2D eigenvalue weighted by Gasteiger charge is -2.26. The molecular formula is C20H38IN5O2. The molecule has 2 rings (SSSR count). The van der Waals surface area contributed by atoms with Crippen LogP contribution in [0.25, 0.3) is 0 Å². The Labute approximate surface area is 186 Å². The number of carbonyl (C=O) groups is 2. The quantitative estimate of drug-likeness (QED) is 0.230. The molecule has 0 radical (unpaired) electrons. The molecule has 0 bridgehead atoms. The van der Waals surface area contributed by atoms with Gasteiger partial charge in [-0.2, -0.15) is 0 Å². The molecule has 2 amide bonds. The van der Waals surface area contributed by atoms with E-state index in [9.17, 15) is 9.59 Å². The lowest BCUT2D eigenvalue weighted by atomic mass is 9.88. The molecule has 1 atom stereocenters. The largest absolute Gasteiger partial charge is 0.355 e. The Balaban J connectivity index is 0.00000392. The van der Waals surface area contributed by atoms with Crippen LogP contribution in [-0.4, -0.2) is 61.9 Å². The van der Waals surface area contributed by atoms with Crippen LogP contribution in [0.15, 0.2) is 4.99 Å². The Bertz CT molecular complexity index is 541. The molecule has 1 saturated heterocycles. The van der Waals surface area contributed by atoms with Crippen molar-refractivity contribution >= 4 is 41.8 Å². The number of aliphatic imine (C=N–C) groups is 1. The minimum atomic E-state index is -0.377. The van der Waals surface area contributed by atoms with Crippen molar-refractivity contribution in [1.29, 1.82) is 0 Å². The average Bonchev–Trinajstić information content (AvgIpc) is 3.11. The molecule has 3 N–H and O–H groups in total. The number of likely N-dealkylation sites (tertiary alicyclic amines) is 1. The third-order valence-electron chi connectivity index (χ3n) is 5.40. The van der Waals surface area contributed by atoms with Crippen LogP contribution in [-0.2, 0) is 9.59 Å². The molecule has 2 fully saturated rings. The first-order valence-electron chi connectivity index (χ1n) is 10.4. The number of nitrogens with zero attached hydrogens (tertiary/aromatic N) is 2. The molecule has 1 aliphatic carbocycles. The number of amides is 2. The highest BCUT2D eigenvalue weighted by atomic mass is 127. The van der Waals surface area contributed by atoms with E-state index in [1.165, 1.54) is 19.3 Å². The average molecular weight is 507 g/mol. The number of rotatable bonds is 5. The van der Waals surface area contributed by atoms with Crippen LogP contribution >= 0.6 is 24.0 Å². The van der Waals surface area contributed by atoms with E-state index in [4.69, 9.17) is 0 Å². The van der Waals surface area contributed by atoms with Gasteiger partial charge in [-0.1, -0.05) is 40.0 Å². The third kappa shape index (κ3) is 7.75. The number of guanidine groups is 1. The molecule has 7 nitrogen and oxygen atoms in total. The maximum Gasteiger partial charge on any atom is 0.225 e. The summed E-state index contributed by atoms with van der Waals surface area (Å²) in [4.78, 5) is 30.8. The molecule has 1 heterocycles. The van der Waals surface area contributed by atoms with Gasteiger partial charge in [0.15, 0.2) is 5.96 Å². The number of carbonyl (C=O) groups excluding carboxylic acids is 2. The summed E-state index contributed by atoms with van der Waals surface area (Å²) in [6.07, 6.45) is 6.70. The predicted molar refractivity (Wildman–Crippen MR) is 124 cm³/mol. The fourth-order valence-corrected chi connectivity index (χ4v) is 3.70. The minimum Gasteiger partial charge on any atom is -0.355 e. The number of nitrogens with one attached hydrogen (secondary N) is 3. The van der Waals surface area contributed by atoms with Crippen LogP contribution in [0.5, 0.6) is 0 Å². The van der Waals surface area contributed by atoms with Gasteiger partial charge in [-0.05, 0) is 19.3 Å². The van der Waals surface area contributed by atoms with Crippen molar-refractivity contribution in [3.8, 4) is 0 Å². The van der Waals surface area contributed by atoms with Crippen LogP contribution in [0, 0.1) is 11.3 Å². The summed E-state index contributed by atoms with van der Waals surface area (Å²) >= 11 is 0. The number of hydrogen-bond donors (Lipinski definition) is 3. The van der Waals surface area contributed by atoms with Gasteiger partial charge in [0.1, 0.15) is 0 Å². The monoisotopic (exact) mass is 507 g/mol. The van der Waals surface area contributed by atoms with Crippen LogP contribution in [0.2, 0.25) is 0 Å². The predicted octanol–water partition coefficient (Wildman–Crippen LogP) is 2.11. The van der Waals surface area contributed by atoms with Gasteiger partial charge in [0.05, 0.1) is 0 Å². The molecule has 1 saturated carbocycles. The van der Waals surface area contributed by atoms with Gasteiger partial charge in [-0.3, -0.25) is 14.6 Å². The molecule has 1 aliphatic heterocycles. The molecule has 0 aromatic rings. The lowest BCUT2D eigenvalue weighted by molar-refractivity contribution is -0.135. The Morgan fingerprint density at radius 3 is 2.29 bits per heavy atom. The highest BCUT2D eigenvalue weighted by Crippen LogP contribution is 2.26. The molecular weight excluding hydrogens is 469 g/mol. The summed E-state index contributed by atoms with van der Waals surface area (Å²) in [5.41, 5.74) is -0.377. The zero-order chi connectivity index (χ0) is 19.9. The van der Waals surface area contributed by atoms with E-state index in [1.807, 2.05) is 25.7 Å². The highest BCUT2D eigenvalue weighted by Gasteiger charge is 2.31. The molecule has 1 unspecified atom stereocenters. The van der Waals surface area contributed by atoms with Gasteiger partial charge in [0.25, 0.3) is 0 Å². The van der Waals surface area contributed by atoms with Crippen molar-refractivity contribution in [2.75, 3.05) is 33.2 Å². The minimum absolute atomic E-state index is 0. The molecule has 28 heavy (non-hydrogen) atoms. The van der Waals surface area contributed by atoms with Gasteiger partial charge >= 0.3 is 0 Å². The summed E-state index contributed by atoms with van der Waals surface area (Å²) in [6.45, 7) is 8.43. The highest BCUT2D eigenvalue weighted by molar-refractivity contribution is 14.0. The van der Waals surface area contributed by atoms with Gasteiger partial charge < -0.3 is 20.9 Å². The Morgan fingerprint density at radius 1 is 1.04 bits per heavy atom. The normalized spacial score (nSPS) is 21.1. The van der Waals surface area contributed by atoms with Crippen molar-refractivity contribution in [2.45, 2.75) is 65.3 Å². The fraction of sp³-hybridized carbons (Fsp3) is 0.850. The summed E-state index contributed by atoms with van der Waals surface area (Å²) < 4.78 is 0. The van der Waals surface area contributed by atoms with Crippen molar-refractivity contribution in [1.82, 2.24) is 20.9 Å². The van der Waals surface area contributed by atoms with Crippen molar-refractivity contribution in [3.63, 3.8) is 0 Å². The topological polar surface area (TPSA) is 85.8 Å². The second-order valence-corrected chi connectivity index (χ2v) is 8.75. The van der Waals surface area contributed by atoms with Gasteiger partial charge in [0.2, 0.25) is 11.8 Å². The van der Waals surface area contributed by atoms with Crippen LogP contribution < -0.4 is 16.0 Å². The SMILES string of the molecule is CN=C(NCCNC(=O)C(C)(C)C)NC1CCN(C(=O)C2CCCCC2)C1.I. The molecule has 162 valence electrons. The third-order valence-corrected chi connectivity index (χ3v) is 5.40. The second kappa shape index (κ2) is 11.8. The first kappa shape index (κ1) is 25.0. The first-order chi connectivity index (χ1) is 12.8. The summed E-state index contributed by atoms with van der Waals surface area (Å²) in [7, 11) is 1.74. The molecule has 0 spiro atoms. The van der Waals surface area contributed by atoms with E-state index in [1.54, 1.807) is 7.05 Å². The van der Waals surface area contributed by atoms with Crippen molar-refractivity contribution in [3.05, 3.63) is 0 Å². The fourth-order valence-electron chi connectivity index (χ4n) is 3.70. The summed E-state index contributed by atoms with van der Waals surface area (Å²) in [5, 5.41) is 9.55. The number of halogens is 1. The Morgan fingerprint density at radius 2 is 1.68 bits per heavy atom. The van der Waals surface area contributed by atoms with Gasteiger partial charge in [-0.15, -0.1) is 24.0 Å². The lowest BCUT2D eigenvalue weighted by Crippen LogP contribution is -2.47. The molecule has 0 aromatic heterocycles. The molecule has 2 aliphatic rings. The van der Waals surface area contributed by atoms with Crippen LogP contribution in [0.4, 0.5) is 0 Å². The van der Waals surface area contributed by atoms with Crippen molar-refractivity contribution < 1.29 is 9.59 Å². The molecule has 8 heteroatoms. The number of hydrogen-bond acceptors (Lipinski definition) is 3. The zero-order valence-corrected chi connectivity index (χ0v) is 20.2. The van der Waals surface area contributed by atoms with E-state index >= 15 is 0 Å². The van der Waals surface area contributed by atoms with E-state index in [2.05, 4.69) is 20.9 Å². The smallest absolute Gasteiger partial charge is 0.225 e. The van der Waals surface area contributed by atoms with Crippen LogP contribution in [0.1, 0.15) is 59.3 Å². The van der Waals surface area contributed by atoms with Crippen LogP contribution in [0.3, 0.4) is 0 Å². The standard InChI is InChI=1S/C20H37N5O2.HI/c1-20(2,3)18(27)22-11-12-23-19(21-4)24-16-10-13-25(14-16)17(26)15-8-6-5-7-9-15;/h15-16H,5-14H2,1-4H3,(H,22,27)(H2,21,23,24);1H.